The van der Waals surface area contributed by atoms with E-state index in [0.717, 1.165) is 51.9 Å². The minimum atomic E-state index is -0.170. The number of rotatable bonds is 7. The number of aryl methyl sites for hydroxylation is 1. The number of ether oxygens (including phenoxy) is 1. The molecule has 0 aromatic carbocycles. The van der Waals surface area contributed by atoms with Crippen molar-refractivity contribution in [1.29, 1.82) is 0 Å². The first-order valence-corrected chi connectivity index (χ1v) is 7.90. The molecule has 118 valence electrons. The van der Waals surface area contributed by atoms with Gasteiger partial charge in [-0.25, -0.2) is 9.78 Å². The third-order valence-electron chi connectivity index (χ3n) is 3.86. The molecule has 2 heterocycles. The summed E-state index contributed by atoms with van der Waals surface area (Å²) >= 11 is 0. The van der Waals surface area contributed by atoms with Crippen LogP contribution < -0.4 is 5.32 Å². The molecule has 1 aromatic rings. The van der Waals surface area contributed by atoms with E-state index in [1.54, 1.807) is 4.90 Å². The highest BCUT2D eigenvalue weighted by atomic mass is 16.6. The molecular weight excluding hydrogens is 268 g/mol. The van der Waals surface area contributed by atoms with Crippen LogP contribution in [0.25, 0.3) is 0 Å². The molecule has 0 atom stereocenters. The molecule has 0 aliphatic carbocycles. The van der Waals surface area contributed by atoms with E-state index in [-0.39, 0.29) is 6.09 Å². The molecule has 6 heteroatoms. The average molecular weight is 294 g/mol. The quantitative estimate of drug-likeness (QED) is 0.780. The molecule has 1 aromatic heterocycles. The van der Waals surface area contributed by atoms with Gasteiger partial charge in [0, 0.05) is 38.1 Å². The lowest BCUT2D eigenvalue weighted by Crippen LogP contribution is -2.45. The summed E-state index contributed by atoms with van der Waals surface area (Å²) in [5.41, 5.74) is 0. The molecule has 0 unspecified atom stereocenters. The van der Waals surface area contributed by atoms with E-state index in [0.29, 0.717) is 12.6 Å². The molecule has 2 rings (SSSR count). The summed E-state index contributed by atoms with van der Waals surface area (Å²) in [6.07, 6.45) is 9.85. The number of hydrogen-bond donors (Lipinski definition) is 1. The van der Waals surface area contributed by atoms with Crippen LogP contribution in [0.1, 0.15) is 32.6 Å². The Labute approximate surface area is 126 Å². The van der Waals surface area contributed by atoms with Crippen LogP contribution in [0.4, 0.5) is 4.79 Å². The number of nitrogens with zero attached hydrogens (tertiary/aromatic N) is 3. The van der Waals surface area contributed by atoms with Crippen molar-refractivity contribution in [3.63, 3.8) is 0 Å². The zero-order valence-corrected chi connectivity index (χ0v) is 12.8. The number of carbonyl (C=O) groups excluding carboxylic acids is 1. The fourth-order valence-corrected chi connectivity index (χ4v) is 2.63. The zero-order valence-electron chi connectivity index (χ0n) is 12.8. The Bertz CT molecular complexity index is 400. The Hall–Kier alpha value is -1.56. The number of aromatic nitrogens is 2. The van der Waals surface area contributed by atoms with Gasteiger partial charge in [0.15, 0.2) is 0 Å². The molecule has 0 radical (unpaired) electrons. The highest BCUT2D eigenvalue weighted by molar-refractivity contribution is 5.67. The monoisotopic (exact) mass is 294 g/mol. The van der Waals surface area contributed by atoms with Crippen molar-refractivity contribution in [3.8, 4) is 0 Å². The maximum atomic E-state index is 11.6. The van der Waals surface area contributed by atoms with Crippen LogP contribution in [0.15, 0.2) is 18.7 Å². The number of likely N-dealkylation sites (tertiary alicyclic amines) is 1. The lowest BCUT2D eigenvalue weighted by Gasteiger charge is -2.31. The van der Waals surface area contributed by atoms with Crippen molar-refractivity contribution in [1.82, 2.24) is 19.8 Å². The zero-order chi connectivity index (χ0) is 14.9. The molecule has 1 saturated heterocycles. The normalized spacial score (nSPS) is 16.1. The van der Waals surface area contributed by atoms with Gasteiger partial charge in [-0.3, -0.25) is 0 Å². The van der Waals surface area contributed by atoms with Gasteiger partial charge in [0.25, 0.3) is 0 Å². The van der Waals surface area contributed by atoms with Gasteiger partial charge in [-0.2, -0.15) is 0 Å². The van der Waals surface area contributed by atoms with Crippen LogP contribution in [-0.2, 0) is 11.3 Å². The maximum absolute atomic E-state index is 11.6. The third-order valence-corrected chi connectivity index (χ3v) is 3.86. The van der Waals surface area contributed by atoms with E-state index < -0.39 is 0 Å². The van der Waals surface area contributed by atoms with Gasteiger partial charge in [-0.15, -0.1) is 0 Å². The minimum Gasteiger partial charge on any atom is -0.450 e. The van der Waals surface area contributed by atoms with Crippen molar-refractivity contribution < 1.29 is 9.53 Å². The fourth-order valence-electron chi connectivity index (χ4n) is 2.63. The third kappa shape index (κ3) is 5.38. The Kier molecular flexibility index (Phi) is 6.53. The van der Waals surface area contributed by atoms with Crippen molar-refractivity contribution in [2.24, 2.45) is 0 Å². The topological polar surface area (TPSA) is 59.4 Å². The van der Waals surface area contributed by atoms with E-state index in [1.165, 1.54) is 0 Å². The van der Waals surface area contributed by atoms with Crippen LogP contribution in [0.5, 0.6) is 0 Å². The molecule has 0 saturated carbocycles. The second kappa shape index (κ2) is 8.67. The molecule has 0 bridgehead atoms. The highest BCUT2D eigenvalue weighted by Gasteiger charge is 2.22. The average Bonchev–Trinajstić information content (AvgIpc) is 3.01. The first-order chi connectivity index (χ1) is 10.3. The number of nitrogens with one attached hydrogen (secondary N) is 1. The summed E-state index contributed by atoms with van der Waals surface area (Å²) in [5.74, 6) is 0. The van der Waals surface area contributed by atoms with E-state index in [9.17, 15) is 4.79 Å². The maximum Gasteiger partial charge on any atom is 0.409 e. The lowest BCUT2D eigenvalue weighted by atomic mass is 10.1. The first-order valence-electron chi connectivity index (χ1n) is 7.90. The van der Waals surface area contributed by atoms with Crippen LogP contribution in [-0.4, -0.2) is 52.8 Å². The van der Waals surface area contributed by atoms with Gasteiger partial charge >= 0.3 is 6.09 Å². The number of carbonyl (C=O) groups is 1. The van der Waals surface area contributed by atoms with Crippen molar-refractivity contribution in [2.45, 2.75) is 45.2 Å². The van der Waals surface area contributed by atoms with Crippen LogP contribution >= 0.6 is 0 Å². The molecule has 1 aliphatic heterocycles. The van der Waals surface area contributed by atoms with Crippen LogP contribution in [0, 0.1) is 0 Å². The summed E-state index contributed by atoms with van der Waals surface area (Å²) in [6.45, 7) is 5.96. The summed E-state index contributed by atoms with van der Waals surface area (Å²) in [5, 5.41) is 3.59. The fraction of sp³-hybridized carbons (Fsp3) is 0.733. The number of amides is 1. The van der Waals surface area contributed by atoms with Gasteiger partial charge < -0.3 is 19.5 Å². The second-order valence-corrected chi connectivity index (χ2v) is 5.42. The van der Waals surface area contributed by atoms with E-state index >= 15 is 0 Å². The van der Waals surface area contributed by atoms with Crippen LogP contribution in [0.2, 0.25) is 0 Å². The Morgan fingerprint density at radius 2 is 2.19 bits per heavy atom. The largest absolute Gasteiger partial charge is 0.450 e. The molecule has 1 aliphatic rings. The minimum absolute atomic E-state index is 0.170. The van der Waals surface area contributed by atoms with E-state index in [2.05, 4.69) is 14.9 Å². The van der Waals surface area contributed by atoms with Gasteiger partial charge in [0.2, 0.25) is 0 Å². The number of imidazole rings is 1. The van der Waals surface area contributed by atoms with Gasteiger partial charge in [-0.1, -0.05) is 0 Å². The summed E-state index contributed by atoms with van der Waals surface area (Å²) in [6, 6.07) is 0.531. The molecule has 21 heavy (non-hydrogen) atoms. The van der Waals surface area contributed by atoms with Gasteiger partial charge in [0.1, 0.15) is 0 Å². The molecular formula is C15H26N4O2. The Morgan fingerprint density at radius 1 is 1.38 bits per heavy atom. The SMILES string of the molecule is CCOC(=O)N1CCC(NCCCCn2ccnc2)CC1. The molecule has 1 fully saturated rings. The predicted molar refractivity (Wildman–Crippen MR) is 81.1 cm³/mol. The van der Waals surface area contributed by atoms with Crippen molar-refractivity contribution in [3.05, 3.63) is 18.7 Å². The Balaban J connectivity index is 1.51. The summed E-state index contributed by atoms with van der Waals surface area (Å²) in [7, 11) is 0. The highest BCUT2D eigenvalue weighted by Crippen LogP contribution is 2.11. The van der Waals surface area contributed by atoms with Crippen molar-refractivity contribution in [2.75, 3.05) is 26.2 Å². The number of unbranched alkanes of at least 4 members (excludes halogenated alkanes) is 1. The van der Waals surface area contributed by atoms with E-state index in [1.807, 2.05) is 25.6 Å². The predicted octanol–water partition coefficient (Wildman–Crippen LogP) is 1.87. The van der Waals surface area contributed by atoms with Gasteiger partial charge in [0.05, 0.1) is 12.9 Å². The Morgan fingerprint density at radius 3 is 2.86 bits per heavy atom. The van der Waals surface area contributed by atoms with E-state index in [4.69, 9.17) is 4.74 Å². The standard InChI is InChI=1S/C15H26N4O2/c1-2-21-15(20)19-10-5-14(6-11-19)17-7-3-4-9-18-12-8-16-13-18/h8,12-14,17H,2-7,9-11H2,1H3. The summed E-state index contributed by atoms with van der Waals surface area (Å²) in [4.78, 5) is 17.4. The van der Waals surface area contributed by atoms with Crippen LogP contribution in [0.3, 0.4) is 0 Å². The summed E-state index contributed by atoms with van der Waals surface area (Å²) < 4.78 is 7.13. The lowest BCUT2D eigenvalue weighted by molar-refractivity contribution is 0.0951. The molecule has 1 N–H and O–H groups in total. The molecule has 6 nitrogen and oxygen atoms in total. The first kappa shape index (κ1) is 15.8. The van der Waals surface area contributed by atoms with Gasteiger partial charge in [-0.05, 0) is 39.2 Å². The molecule has 1 amide bonds. The number of hydrogen-bond acceptors (Lipinski definition) is 4. The molecule has 0 spiro atoms. The number of piperidine rings is 1. The smallest absolute Gasteiger partial charge is 0.409 e. The second-order valence-electron chi connectivity index (χ2n) is 5.42. The van der Waals surface area contributed by atoms with Crippen molar-refractivity contribution >= 4 is 6.09 Å².